The Balaban J connectivity index is 1.06. The summed E-state index contributed by atoms with van der Waals surface area (Å²) in [5.74, 6) is 0.384. The van der Waals surface area contributed by atoms with Crippen LogP contribution in [0.15, 0.2) is 72.8 Å². The SMILES string of the molecule is O=C(O)CCc1ccc(OCc2ccc(CN3CCC4(CC3)CC(Cc3ccccc3F)CCO4)cc2)cc1. The lowest BCUT2D eigenvalue weighted by Crippen LogP contribution is -2.49. The number of hydrogen-bond donors (Lipinski definition) is 1. The highest BCUT2D eigenvalue weighted by molar-refractivity contribution is 5.67. The summed E-state index contributed by atoms with van der Waals surface area (Å²) >= 11 is 0. The number of carboxylic acid groups (broad SMARTS) is 1. The van der Waals surface area contributed by atoms with Crippen molar-refractivity contribution in [3.63, 3.8) is 0 Å². The van der Waals surface area contributed by atoms with Crippen LogP contribution in [0.5, 0.6) is 5.75 Å². The molecule has 0 saturated carbocycles. The van der Waals surface area contributed by atoms with Crippen LogP contribution in [0.4, 0.5) is 4.39 Å². The molecular weight excluding hydrogens is 493 g/mol. The first-order valence-electron chi connectivity index (χ1n) is 14.1. The summed E-state index contributed by atoms with van der Waals surface area (Å²) in [6.07, 6.45) is 5.55. The van der Waals surface area contributed by atoms with E-state index in [9.17, 15) is 9.18 Å². The van der Waals surface area contributed by atoms with Crippen LogP contribution in [0.1, 0.15) is 54.4 Å². The summed E-state index contributed by atoms with van der Waals surface area (Å²) in [4.78, 5) is 13.2. The summed E-state index contributed by atoms with van der Waals surface area (Å²) in [5.41, 5.74) is 4.18. The topological polar surface area (TPSA) is 59.0 Å². The van der Waals surface area contributed by atoms with Crippen LogP contribution in [-0.2, 0) is 35.5 Å². The van der Waals surface area contributed by atoms with Crippen molar-refractivity contribution in [3.8, 4) is 5.75 Å². The number of aliphatic carboxylic acids is 1. The maximum Gasteiger partial charge on any atom is 0.303 e. The fourth-order valence-electron chi connectivity index (χ4n) is 5.91. The molecule has 6 heteroatoms. The van der Waals surface area contributed by atoms with E-state index in [0.29, 0.717) is 18.9 Å². The number of ether oxygens (including phenoxy) is 2. The zero-order chi connectivity index (χ0) is 27.1. The minimum absolute atomic E-state index is 0.0552. The first-order valence-corrected chi connectivity index (χ1v) is 14.1. The molecule has 5 rings (SSSR count). The Morgan fingerprint density at radius 2 is 1.67 bits per heavy atom. The summed E-state index contributed by atoms with van der Waals surface area (Å²) in [5, 5.41) is 8.82. The van der Waals surface area contributed by atoms with E-state index in [1.54, 1.807) is 12.1 Å². The molecule has 2 fully saturated rings. The second-order valence-corrected chi connectivity index (χ2v) is 11.1. The number of carbonyl (C=O) groups is 1. The monoisotopic (exact) mass is 531 g/mol. The molecule has 3 aromatic carbocycles. The van der Waals surface area contributed by atoms with Gasteiger partial charge in [0, 0.05) is 32.7 Å². The third-order valence-electron chi connectivity index (χ3n) is 8.21. The molecule has 1 spiro atoms. The molecule has 1 atom stereocenters. The van der Waals surface area contributed by atoms with E-state index >= 15 is 0 Å². The molecule has 2 saturated heterocycles. The second kappa shape index (κ2) is 12.8. The number of hydrogen-bond acceptors (Lipinski definition) is 4. The van der Waals surface area contributed by atoms with Crippen molar-refractivity contribution in [3.05, 3.63) is 101 Å². The first-order chi connectivity index (χ1) is 19.0. The summed E-state index contributed by atoms with van der Waals surface area (Å²) in [6.45, 7) is 4.22. The Hall–Kier alpha value is -3.22. The van der Waals surface area contributed by atoms with Gasteiger partial charge in [-0.1, -0.05) is 54.6 Å². The van der Waals surface area contributed by atoms with Gasteiger partial charge in [-0.25, -0.2) is 4.39 Å². The van der Waals surface area contributed by atoms with Crippen molar-refractivity contribution in [2.45, 2.75) is 63.7 Å². The van der Waals surface area contributed by atoms with Gasteiger partial charge in [0.25, 0.3) is 0 Å². The predicted octanol–water partition coefficient (Wildman–Crippen LogP) is 6.43. The summed E-state index contributed by atoms with van der Waals surface area (Å²) in [6, 6.07) is 23.4. The number of benzene rings is 3. The largest absolute Gasteiger partial charge is 0.489 e. The molecule has 3 aromatic rings. The van der Waals surface area contributed by atoms with Gasteiger partial charge in [0.05, 0.1) is 5.60 Å². The van der Waals surface area contributed by atoms with Crippen LogP contribution < -0.4 is 4.74 Å². The molecule has 2 aliphatic heterocycles. The third kappa shape index (κ3) is 7.68. The van der Waals surface area contributed by atoms with Crippen LogP contribution in [-0.4, -0.2) is 41.3 Å². The van der Waals surface area contributed by atoms with Gasteiger partial charge in [-0.15, -0.1) is 0 Å². The van der Waals surface area contributed by atoms with Crippen molar-refractivity contribution in [2.75, 3.05) is 19.7 Å². The molecule has 39 heavy (non-hydrogen) atoms. The van der Waals surface area contributed by atoms with Crippen LogP contribution in [0.3, 0.4) is 0 Å². The number of carboxylic acids is 1. The van der Waals surface area contributed by atoms with E-state index in [0.717, 1.165) is 80.8 Å². The van der Waals surface area contributed by atoms with Gasteiger partial charge in [-0.2, -0.15) is 0 Å². The molecule has 1 N–H and O–H groups in total. The van der Waals surface area contributed by atoms with Gasteiger partial charge in [0.2, 0.25) is 0 Å². The zero-order valence-corrected chi connectivity index (χ0v) is 22.5. The van der Waals surface area contributed by atoms with Crippen LogP contribution in [0, 0.1) is 11.7 Å². The van der Waals surface area contributed by atoms with E-state index < -0.39 is 5.97 Å². The number of aryl methyl sites for hydroxylation is 1. The maximum absolute atomic E-state index is 14.2. The summed E-state index contributed by atoms with van der Waals surface area (Å²) < 4.78 is 26.4. The Morgan fingerprint density at radius 1 is 0.974 bits per heavy atom. The zero-order valence-electron chi connectivity index (χ0n) is 22.5. The van der Waals surface area contributed by atoms with Gasteiger partial charge in [-0.05, 0) is 84.9 Å². The minimum Gasteiger partial charge on any atom is -0.489 e. The van der Waals surface area contributed by atoms with Crippen molar-refractivity contribution in [1.29, 1.82) is 0 Å². The van der Waals surface area contributed by atoms with Crippen molar-refractivity contribution in [2.24, 2.45) is 5.92 Å². The number of likely N-dealkylation sites (tertiary alicyclic amines) is 1. The smallest absolute Gasteiger partial charge is 0.303 e. The Labute approximate surface area is 230 Å². The average molecular weight is 532 g/mol. The highest BCUT2D eigenvalue weighted by atomic mass is 19.1. The van der Waals surface area contributed by atoms with Gasteiger partial charge in [-0.3, -0.25) is 9.69 Å². The van der Waals surface area contributed by atoms with Crippen molar-refractivity contribution in [1.82, 2.24) is 4.90 Å². The van der Waals surface area contributed by atoms with Gasteiger partial charge >= 0.3 is 5.97 Å². The molecule has 0 aliphatic carbocycles. The Bertz CT molecular complexity index is 1220. The van der Waals surface area contributed by atoms with Crippen LogP contribution >= 0.6 is 0 Å². The fraction of sp³-hybridized carbons (Fsp3) is 0.424. The van der Waals surface area contributed by atoms with E-state index in [-0.39, 0.29) is 17.8 Å². The van der Waals surface area contributed by atoms with Crippen molar-refractivity contribution >= 4 is 5.97 Å². The van der Waals surface area contributed by atoms with Crippen LogP contribution in [0.2, 0.25) is 0 Å². The van der Waals surface area contributed by atoms with E-state index in [2.05, 4.69) is 29.2 Å². The van der Waals surface area contributed by atoms with E-state index in [1.807, 2.05) is 36.4 Å². The molecule has 5 nitrogen and oxygen atoms in total. The predicted molar refractivity (Wildman–Crippen MR) is 149 cm³/mol. The lowest BCUT2D eigenvalue weighted by Gasteiger charge is -2.46. The quantitative estimate of drug-likeness (QED) is 0.327. The molecule has 0 amide bonds. The average Bonchev–Trinajstić information content (AvgIpc) is 2.95. The summed E-state index contributed by atoms with van der Waals surface area (Å²) in [7, 11) is 0. The number of rotatable bonds is 10. The highest BCUT2D eigenvalue weighted by Gasteiger charge is 2.40. The van der Waals surface area contributed by atoms with Gasteiger partial charge < -0.3 is 14.6 Å². The molecule has 0 bridgehead atoms. The van der Waals surface area contributed by atoms with Crippen LogP contribution in [0.25, 0.3) is 0 Å². The molecular formula is C33H38FNO4. The lowest BCUT2D eigenvalue weighted by atomic mass is 9.77. The van der Waals surface area contributed by atoms with Crippen molar-refractivity contribution < 1.29 is 23.8 Å². The second-order valence-electron chi connectivity index (χ2n) is 11.1. The minimum atomic E-state index is -0.785. The van der Waals surface area contributed by atoms with E-state index in [4.69, 9.17) is 14.6 Å². The molecule has 1 unspecified atom stereocenters. The maximum atomic E-state index is 14.2. The Morgan fingerprint density at radius 3 is 2.38 bits per heavy atom. The highest BCUT2D eigenvalue weighted by Crippen LogP contribution is 2.39. The number of nitrogens with zero attached hydrogens (tertiary/aromatic N) is 1. The standard InChI is InChI=1S/C33H38FNO4/c34-31-4-2-1-3-29(31)21-28-15-20-39-33(22-28)16-18-35(19-17-33)23-26-5-7-27(8-6-26)24-38-30-12-9-25(10-13-30)11-14-32(36)37/h1-10,12-13,28H,11,14-24H2,(H,36,37). The van der Waals surface area contributed by atoms with Gasteiger partial charge in [0.1, 0.15) is 18.2 Å². The van der Waals surface area contributed by atoms with E-state index in [1.165, 1.54) is 5.56 Å². The number of halogens is 1. The third-order valence-corrected chi connectivity index (χ3v) is 8.21. The fourth-order valence-corrected chi connectivity index (χ4v) is 5.91. The Kier molecular flexibility index (Phi) is 8.95. The molecule has 2 heterocycles. The molecule has 2 aliphatic rings. The lowest BCUT2D eigenvalue weighted by molar-refractivity contribution is -0.136. The first kappa shape index (κ1) is 27.4. The van der Waals surface area contributed by atoms with Gasteiger partial charge in [0.15, 0.2) is 0 Å². The molecule has 0 radical (unpaired) electrons. The molecule has 0 aromatic heterocycles. The number of piperidine rings is 1. The molecule has 206 valence electrons. The normalized spacial score (nSPS) is 19.2.